The summed E-state index contributed by atoms with van der Waals surface area (Å²) in [4.78, 5) is 38.7. The predicted molar refractivity (Wildman–Crippen MR) is 116 cm³/mol. The van der Waals surface area contributed by atoms with Crippen molar-refractivity contribution in [2.75, 3.05) is 37.6 Å². The summed E-state index contributed by atoms with van der Waals surface area (Å²) in [5.41, 5.74) is 3.12. The van der Waals surface area contributed by atoms with E-state index in [2.05, 4.69) is 5.32 Å². The molecule has 0 spiro atoms. The standard InChI is InChI=1S/C23H26N2O6/c1-14-5-6-15(2)18(9-14)24-21(26)13-31-23(28)16-10-22(27)25(12-16)19-11-17(29-3)7-8-20(19)30-4/h5-9,11,16H,10,12-13H2,1-4H3,(H,24,26)/t16-/m1/s1. The van der Waals surface area contributed by atoms with E-state index >= 15 is 0 Å². The molecule has 1 fully saturated rings. The molecule has 3 rings (SSSR count). The third-order valence-electron chi connectivity index (χ3n) is 5.15. The topological polar surface area (TPSA) is 94.2 Å². The van der Waals surface area contributed by atoms with Gasteiger partial charge in [0.1, 0.15) is 11.5 Å². The molecule has 8 heteroatoms. The highest BCUT2D eigenvalue weighted by Crippen LogP contribution is 2.36. The number of carbonyl (C=O) groups is 3. The van der Waals surface area contributed by atoms with E-state index in [1.165, 1.54) is 19.1 Å². The monoisotopic (exact) mass is 426 g/mol. The van der Waals surface area contributed by atoms with Gasteiger partial charge in [-0.05, 0) is 43.2 Å². The first-order chi connectivity index (χ1) is 14.8. The van der Waals surface area contributed by atoms with Crippen molar-refractivity contribution in [1.82, 2.24) is 0 Å². The van der Waals surface area contributed by atoms with E-state index in [0.29, 0.717) is 22.9 Å². The van der Waals surface area contributed by atoms with Crippen molar-refractivity contribution in [2.24, 2.45) is 5.92 Å². The van der Waals surface area contributed by atoms with Gasteiger partial charge in [-0.25, -0.2) is 0 Å². The van der Waals surface area contributed by atoms with E-state index in [-0.39, 0.29) is 18.9 Å². The number of anilines is 2. The molecule has 0 radical (unpaired) electrons. The second-order valence-electron chi connectivity index (χ2n) is 7.42. The summed E-state index contributed by atoms with van der Waals surface area (Å²) in [5.74, 6) is -0.856. The molecule has 1 heterocycles. The number of aryl methyl sites for hydroxylation is 2. The number of methoxy groups -OCH3 is 2. The fourth-order valence-electron chi connectivity index (χ4n) is 3.42. The highest BCUT2D eigenvalue weighted by atomic mass is 16.5. The molecular formula is C23H26N2O6. The van der Waals surface area contributed by atoms with Crippen LogP contribution in [0.5, 0.6) is 11.5 Å². The van der Waals surface area contributed by atoms with E-state index in [1.54, 1.807) is 18.2 Å². The average molecular weight is 426 g/mol. The van der Waals surface area contributed by atoms with Crippen molar-refractivity contribution in [3.05, 3.63) is 47.5 Å². The molecule has 1 atom stereocenters. The van der Waals surface area contributed by atoms with Crippen LogP contribution < -0.4 is 19.7 Å². The smallest absolute Gasteiger partial charge is 0.311 e. The minimum absolute atomic E-state index is 0.00218. The van der Waals surface area contributed by atoms with Crippen molar-refractivity contribution >= 4 is 29.2 Å². The van der Waals surface area contributed by atoms with Crippen LogP contribution in [0.1, 0.15) is 17.5 Å². The molecule has 0 bridgehead atoms. The van der Waals surface area contributed by atoms with Crippen molar-refractivity contribution in [3.63, 3.8) is 0 Å². The first-order valence-corrected chi connectivity index (χ1v) is 9.88. The molecule has 8 nitrogen and oxygen atoms in total. The fraction of sp³-hybridized carbons (Fsp3) is 0.348. The Balaban J connectivity index is 1.60. The highest BCUT2D eigenvalue weighted by Gasteiger charge is 2.37. The number of rotatable bonds is 7. The lowest BCUT2D eigenvalue weighted by Crippen LogP contribution is -2.28. The van der Waals surface area contributed by atoms with Gasteiger partial charge in [-0.2, -0.15) is 0 Å². The number of nitrogens with one attached hydrogen (secondary N) is 1. The quantitative estimate of drug-likeness (QED) is 0.685. The first kappa shape index (κ1) is 22.1. The summed E-state index contributed by atoms with van der Waals surface area (Å²) in [6.45, 7) is 3.53. The van der Waals surface area contributed by atoms with Crippen LogP contribution >= 0.6 is 0 Å². The zero-order chi connectivity index (χ0) is 22.5. The lowest BCUT2D eigenvalue weighted by atomic mass is 10.1. The molecule has 2 aromatic rings. The normalized spacial score (nSPS) is 15.5. The third kappa shape index (κ3) is 5.14. The molecule has 1 aliphatic heterocycles. The summed E-state index contributed by atoms with van der Waals surface area (Å²) in [7, 11) is 3.03. The maximum Gasteiger partial charge on any atom is 0.311 e. The summed E-state index contributed by atoms with van der Waals surface area (Å²) < 4.78 is 15.7. The van der Waals surface area contributed by atoms with E-state index in [0.717, 1.165) is 11.1 Å². The van der Waals surface area contributed by atoms with E-state index in [1.807, 2.05) is 32.0 Å². The number of hydrogen-bond acceptors (Lipinski definition) is 6. The Labute approximate surface area is 181 Å². The van der Waals surface area contributed by atoms with Crippen LogP contribution in [-0.4, -0.2) is 45.2 Å². The minimum atomic E-state index is -0.670. The number of nitrogens with zero attached hydrogens (tertiary/aromatic N) is 1. The lowest BCUT2D eigenvalue weighted by Gasteiger charge is -2.20. The Hall–Kier alpha value is -3.55. The van der Waals surface area contributed by atoms with Crippen LogP contribution in [0.4, 0.5) is 11.4 Å². The molecule has 0 unspecified atom stereocenters. The molecule has 1 aliphatic rings. The second kappa shape index (κ2) is 9.51. The zero-order valence-electron chi connectivity index (χ0n) is 18.1. The molecule has 1 N–H and O–H groups in total. The van der Waals surface area contributed by atoms with Crippen molar-refractivity contribution < 1.29 is 28.6 Å². The second-order valence-corrected chi connectivity index (χ2v) is 7.42. The van der Waals surface area contributed by atoms with Crippen molar-refractivity contribution in [3.8, 4) is 11.5 Å². The Morgan fingerprint density at radius 2 is 1.87 bits per heavy atom. The van der Waals surface area contributed by atoms with E-state index in [9.17, 15) is 14.4 Å². The molecule has 0 saturated carbocycles. The summed E-state index contributed by atoms with van der Waals surface area (Å²) in [6, 6.07) is 10.8. The fourth-order valence-corrected chi connectivity index (χ4v) is 3.42. The summed E-state index contributed by atoms with van der Waals surface area (Å²) in [6.07, 6.45) is -0.00218. The largest absolute Gasteiger partial charge is 0.497 e. The number of amides is 2. The molecule has 0 aliphatic carbocycles. The van der Waals surface area contributed by atoms with Gasteiger partial charge in [0, 0.05) is 24.7 Å². The first-order valence-electron chi connectivity index (χ1n) is 9.88. The van der Waals surface area contributed by atoms with Gasteiger partial charge in [0.15, 0.2) is 6.61 Å². The molecule has 2 amide bonds. The Kier molecular flexibility index (Phi) is 6.79. The molecule has 2 aromatic carbocycles. The van der Waals surface area contributed by atoms with Crippen molar-refractivity contribution in [1.29, 1.82) is 0 Å². The molecule has 31 heavy (non-hydrogen) atoms. The Morgan fingerprint density at radius 1 is 1.10 bits per heavy atom. The zero-order valence-corrected chi connectivity index (χ0v) is 18.1. The summed E-state index contributed by atoms with van der Waals surface area (Å²) >= 11 is 0. The van der Waals surface area contributed by atoms with Gasteiger partial charge >= 0.3 is 5.97 Å². The molecule has 164 valence electrons. The van der Waals surface area contributed by atoms with Gasteiger partial charge in [-0.1, -0.05) is 12.1 Å². The highest BCUT2D eigenvalue weighted by molar-refractivity contribution is 6.01. The Bertz CT molecular complexity index is 1000. The predicted octanol–water partition coefficient (Wildman–Crippen LogP) is 2.86. The van der Waals surface area contributed by atoms with Gasteiger partial charge in [-0.15, -0.1) is 0 Å². The Morgan fingerprint density at radius 3 is 2.58 bits per heavy atom. The third-order valence-corrected chi connectivity index (χ3v) is 5.15. The molecule has 1 saturated heterocycles. The average Bonchev–Trinajstić information content (AvgIpc) is 3.15. The van der Waals surface area contributed by atoms with E-state index in [4.69, 9.17) is 14.2 Å². The van der Waals surface area contributed by atoms with E-state index < -0.39 is 24.4 Å². The SMILES string of the molecule is COc1ccc(OC)c(N2C[C@H](C(=O)OCC(=O)Nc3cc(C)ccc3C)CC2=O)c1. The minimum Gasteiger partial charge on any atom is -0.497 e. The van der Waals surface area contributed by atoms with Gasteiger partial charge < -0.3 is 24.4 Å². The van der Waals surface area contributed by atoms with Crippen LogP contribution in [0.2, 0.25) is 0 Å². The number of hydrogen-bond donors (Lipinski definition) is 1. The van der Waals surface area contributed by atoms with Crippen LogP contribution in [0.25, 0.3) is 0 Å². The number of carbonyl (C=O) groups excluding carboxylic acids is 3. The maximum atomic E-state index is 12.5. The van der Waals surface area contributed by atoms with Crippen molar-refractivity contribution in [2.45, 2.75) is 20.3 Å². The van der Waals surface area contributed by atoms with Crippen LogP contribution in [0.15, 0.2) is 36.4 Å². The number of benzene rings is 2. The molecule has 0 aromatic heterocycles. The van der Waals surface area contributed by atoms with Gasteiger partial charge in [-0.3, -0.25) is 14.4 Å². The van der Waals surface area contributed by atoms with Crippen LogP contribution in [0.3, 0.4) is 0 Å². The van der Waals surface area contributed by atoms with Crippen LogP contribution in [0, 0.1) is 19.8 Å². The lowest BCUT2D eigenvalue weighted by molar-refractivity contribution is -0.151. The summed E-state index contributed by atoms with van der Waals surface area (Å²) in [5, 5.41) is 2.74. The maximum absolute atomic E-state index is 12.5. The number of ether oxygens (including phenoxy) is 3. The van der Waals surface area contributed by atoms with Gasteiger partial charge in [0.25, 0.3) is 5.91 Å². The van der Waals surface area contributed by atoms with Crippen LogP contribution in [-0.2, 0) is 19.1 Å². The van der Waals surface area contributed by atoms with Gasteiger partial charge in [0.05, 0.1) is 25.8 Å². The molecular weight excluding hydrogens is 400 g/mol. The number of esters is 1. The van der Waals surface area contributed by atoms with Gasteiger partial charge in [0.2, 0.25) is 5.91 Å².